The predicted octanol–water partition coefficient (Wildman–Crippen LogP) is 5.51. The summed E-state index contributed by atoms with van der Waals surface area (Å²) < 4.78 is 26.7. The Hall–Kier alpha value is -3.14. The molecule has 0 bridgehead atoms. The lowest BCUT2D eigenvalue weighted by atomic mass is 10.1. The highest BCUT2D eigenvalue weighted by Crippen LogP contribution is 2.30. The van der Waals surface area contributed by atoms with Crippen molar-refractivity contribution in [3.8, 4) is 11.5 Å². The standard InChI is InChI=1S/C30H47NO9/c1-9-20(6)36-30(35)38-22(8)21(7)37-29(34)24(31)16-23-12-13-25(39-27(32)14-10-18(2)3)26(17-23)40-28(33)15-11-19(4)5/h12-13,17-22,24H,9-11,14-16,31H2,1-8H3/t20?,21-,22-,24-/m0/s1. The molecule has 2 N–H and O–H groups in total. The van der Waals surface area contributed by atoms with Crippen LogP contribution in [-0.4, -0.2) is 48.4 Å². The third kappa shape index (κ3) is 13.8. The first-order chi connectivity index (χ1) is 18.7. The van der Waals surface area contributed by atoms with Crippen LogP contribution in [0, 0.1) is 11.8 Å². The summed E-state index contributed by atoms with van der Waals surface area (Å²) >= 11 is 0. The monoisotopic (exact) mass is 565 g/mol. The third-order valence-corrected chi connectivity index (χ3v) is 6.18. The third-order valence-electron chi connectivity index (χ3n) is 6.18. The van der Waals surface area contributed by atoms with Crippen molar-refractivity contribution in [1.29, 1.82) is 0 Å². The molecule has 1 aromatic carbocycles. The van der Waals surface area contributed by atoms with E-state index in [1.807, 2.05) is 34.6 Å². The summed E-state index contributed by atoms with van der Waals surface area (Å²) in [5.74, 6) is -0.728. The smallest absolute Gasteiger partial charge is 0.458 e. The van der Waals surface area contributed by atoms with Gasteiger partial charge in [0.15, 0.2) is 11.5 Å². The first kappa shape index (κ1) is 34.9. The second kappa shape index (κ2) is 17.5. The maximum Gasteiger partial charge on any atom is 0.508 e. The van der Waals surface area contributed by atoms with Gasteiger partial charge >= 0.3 is 24.1 Å². The van der Waals surface area contributed by atoms with Gasteiger partial charge in [-0.3, -0.25) is 14.4 Å². The number of hydrogen-bond acceptors (Lipinski definition) is 10. The van der Waals surface area contributed by atoms with Crippen LogP contribution in [0.5, 0.6) is 11.5 Å². The van der Waals surface area contributed by atoms with Crippen LogP contribution < -0.4 is 15.2 Å². The molecule has 10 heteroatoms. The average Bonchev–Trinajstić information content (AvgIpc) is 2.87. The summed E-state index contributed by atoms with van der Waals surface area (Å²) in [6.07, 6.45) is -0.202. The molecular weight excluding hydrogens is 518 g/mol. The van der Waals surface area contributed by atoms with Crippen LogP contribution in [-0.2, 0) is 35.0 Å². The Kier molecular flexibility index (Phi) is 15.3. The fraction of sp³-hybridized carbons (Fsp3) is 0.667. The molecule has 0 fully saturated rings. The van der Waals surface area contributed by atoms with Crippen LogP contribution in [0.2, 0.25) is 0 Å². The number of ether oxygens (including phenoxy) is 5. The van der Waals surface area contributed by atoms with Crippen molar-refractivity contribution in [3.63, 3.8) is 0 Å². The molecule has 0 heterocycles. The van der Waals surface area contributed by atoms with E-state index >= 15 is 0 Å². The van der Waals surface area contributed by atoms with E-state index in [-0.39, 0.29) is 36.9 Å². The summed E-state index contributed by atoms with van der Waals surface area (Å²) in [4.78, 5) is 49.3. The number of carbonyl (C=O) groups is 4. The molecule has 1 unspecified atom stereocenters. The van der Waals surface area contributed by atoms with Gasteiger partial charge in [-0.2, -0.15) is 0 Å². The fourth-order valence-electron chi connectivity index (χ4n) is 3.23. The van der Waals surface area contributed by atoms with E-state index in [1.54, 1.807) is 26.8 Å². The summed E-state index contributed by atoms with van der Waals surface area (Å²) in [6.45, 7) is 14.8. The number of rotatable bonds is 16. The van der Waals surface area contributed by atoms with E-state index in [0.717, 1.165) is 0 Å². The molecule has 0 aliphatic heterocycles. The van der Waals surface area contributed by atoms with Crippen molar-refractivity contribution in [2.45, 2.75) is 118 Å². The molecule has 1 aromatic rings. The highest BCUT2D eigenvalue weighted by atomic mass is 16.7. The lowest BCUT2D eigenvalue weighted by Gasteiger charge is -2.23. The molecule has 0 aliphatic rings. The van der Waals surface area contributed by atoms with Gasteiger partial charge in [0, 0.05) is 12.8 Å². The molecule has 0 amide bonds. The Morgan fingerprint density at radius 2 is 1.27 bits per heavy atom. The summed E-state index contributed by atoms with van der Waals surface area (Å²) in [7, 11) is 0. The van der Waals surface area contributed by atoms with E-state index in [9.17, 15) is 19.2 Å². The van der Waals surface area contributed by atoms with E-state index in [2.05, 4.69) is 0 Å². The van der Waals surface area contributed by atoms with Gasteiger partial charge in [0.1, 0.15) is 24.4 Å². The SMILES string of the molecule is CCC(C)OC(=O)O[C@@H](C)[C@H](C)OC(=O)[C@@H](N)Cc1ccc(OC(=O)CCC(C)C)c(OC(=O)CCC(C)C)c1. The molecule has 4 atom stereocenters. The Morgan fingerprint density at radius 1 is 0.750 bits per heavy atom. The van der Waals surface area contributed by atoms with Gasteiger partial charge < -0.3 is 29.4 Å². The molecule has 10 nitrogen and oxygen atoms in total. The van der Waals surface area contributed by atoms with Crippen molar-refractivity contribution in [2.24, 2.45) is 17.6 Å². The lowest BCUT2D eigenvalue weighted by molar-refractivity contribution is -0.155. The zero-order valence-electron chi connectivity index (χ0n) is 25.2. The van der Waals surface area contributed by atoms with Gasteiger partial charge in [-0.05, 0) is 76.0 Å². The highest BCUT2D eigenvalue weighted by molar-refractivity contribution is 5.77. The quantitative estimate of drug-likeness (QED) is 0.201. The summed E-state index contributed by atoms with van der Waals surface area (Å²) in [6, 6.07) is 3.65. The van der Waals surface area contributed by atoms with Gasteiger partial charge in [0.25, 0.3) is 0 Å². The number of nitrogens with two attached hydrogens (primary N) is 1. The number of carbonyl (C=O) groups excluding carboxylic acids is 4. The number of benzene rings is 1. The van der Waals surface area contributed by atoms with Crippen LogP contribution in [0.25, 0.3) is 0 Å². The zero-order valence-corrected chi connectivity index (χ0v) is 25.2. The summed E-state index contributed by atoms with van der Waals surface area (Å²) in [5.41, 5.74) is 6.68. The van der Waals surface area contributed by atoms with E-state index in [4.69, 9.17) is 29.4 Å². The Labute approximate surface area is 238 Å². The minimum Gasteiger partial charge on any atom is -0.458 e. The maximum atomic E-state index is 12.6. The minimum atomic E-state index is -1.05. The van der Waals surface area contributed by atoms with Crippen LogP contribution >= 0.6 is 0 Å². The second-order valence-electron chi connectivity index (χ2n) is 11.0. The number of esters is 3. The van der Waals surface area contributed by atoms with Crippen molar-refractivity contribution in [1.82, 2.24) is 0 Å². The van der Waals surface area contributed by atoms with Crippen molar-refractivity contribution in [2.75, 3.05) is 0 Å². The van der Waals surface area contributed by atoms with Gasteiger partial charge in [-0.25, -0.2) is 4.79 Å². The van der Waals surface area contributed by atoms with Gasteiger partial charge in [0.2, 0.25) is 0 Å². The van der Waals surface area contributed by atoms with Crippen LogP contribution in [0.1, 0.15) is 93.1 Å². The van der Waals surface area contributed by atoms with Crippen molar-refractivity contribution in [3.05, 3.63) is 23.8 Å². The van der Waals surface area contributed by atoms with Crippen molar-refractivity contribution >= 4 is 24.1 Å². The van der Waals surface area contributed by atoms with Gasteiger partial charge in [-0.1, -0.05) is 40.7 Å². The molecule has 0 aromatic heterocycles. The molecule has 40 heavy (non-hydrogen) atoms. The molecule has 226 valence electrons. The van der Waals surface area contributed by atoms with E-state index in [1.165, 1.54) is 12.1 Å². The minimum absolute atomic E-state index is 0.0645. The largest absolute Gasteiger partial charge is 0.508 e. The van der Waals surface area contributed by atoms with Gasteiger partial charge in [0.05, 0.1) is 0 Å². The second-order valence-corrected chi connectivity index (χ2v) is 11.0. The van der Waals surface area contributed by atoms with Crippen molar-refractivity contribution < 1.29 is 42.9 Å². The topological polar surface area (TPSA) is 140 Å². The molecule has 1 rings (SSSR count). The van der Waals surface area contributed by atoms with E-state index < -0.39 is 42.3 Å². The lowest BCUT2D eigenvalue weighted by Crippen LogP contribution is -2.39. The molecule has 0 aliphatic carbocycles. The summed E-state index contributed by atoms with van der Waals surface area (Å²) in [5, 5.41) is 0. The molecule has 0 spiro atoms. The molecule has 0 radical (unpaired) electrons. The Balaban J connectivity index is 2.90. The molecule has 0 saturated carbocycles. The van der Waals surface area contributed by atoms with E-state index in [0.29, 0.717) is 36.7 Å². The predicted molar refractivity (Wildman–Crippen MR) is 150 cm³/mol. The molecular formula is C30H47NO9. The Morgan fingerprint density at radius 3 is 1.80 bits per heavy atom. The van der Waals surface area contributed by atoms with Gasteiger partial charge in [-0.15, -0.1) is 0 Å². The Bertz CT molecular complexity index is 976. The normalized spacial score (nSPS) is 14.2. The zero-order chi connectivity index (χ0) is 30.4. The maximum absolute atomic E-state index is 12.6. The fourth-order valence-corrected chi connectivity index (χ4v) is 3.23. The van der Waals surface area contributed by atoms with Crippen LogP contribution in [0.4, 0.5) is 4.79 Å². The first-order valence-corrected chi connectivity index (χ1v) is 14.1. The highest BCUT2D eigenvalue weighted by Gasteiger charge is 2.26. The number of hydrogen-bond donors (Lipinski definition) is 1. The first-order valence-electron chi connectivity index (χ1n) is 14.1. The average molecular weight is 566 g/mol. The van der Waals surface area contributed by atoms with Crippen LogP contribution in [0.15, 0.2) is 18.2 Å². The molecule has 0 saturated heterocycles. The van der Waals surface area contributed by atoms with Crippen LogP contribution in [0.3, 0.4) is 0 Å².